The van der Waals surface area contributed by atoms with Gasteiger partial charge in [-0.05, 0) is 42.8 Å². The van der Waals surface area contributed by atoms with E-state index in [2.05, 4.69) is 10.3 Å². The van der Waals surface area contributed by atoms with Gasteiger partial charge in [-0.25, -0.2) is 9.69 Å². The quantitative estimate of drug-likeness (QED) is 0.641. The lowest BCUT2D eigenvalue weighted by atomic mass is 10.1. The lowest BCUT2D eigenvalue weighted by Crippen LogP contribution is -2.54. The number of phenolic OH excluding ortho intramolecular Hbond substituents is 1. The van der Waals surface area contributed by atoms with Gasteiger partial charge in [-0.2, -0.15) is 0 Å². The van der Waals surface area contributed by atoms with E-state index in [1.165, 1.54) is 48.8 Å². The Morgan fingerprint density at radius 3 is 2.62 bits per heavy atom. The molecule has 1 aliphatic heterocycles. The molecule has 0 saturated carbocycles. The SMILES string of the molecule is CCOc1cc(/C=C2\C(=O)NC(=O)N(c3ccncc3)C2=O)ccc1O. The highest BCUT2D eigenvalue weighted by molar-refractivity contribution is 6.39. The highest BCUT2D eigenvalue weighted by atomic mass is 16.5. The number of amides is 4. The predicted molar refractivity (Wildman–Crippen MR) is 92.5 cm³/mol. The number of anilines is 1. The van der Waals surface area contributed by atoms with Gasteiger partial charge in [-0.1, -0.05) is 6.07 Å². The molecule has 0 radical (unpaired) electrons. The summed E-state index contributed by atoms with van der Waals surface area (Å²) in [7, 11) is 0. The van der Waals surface area contributed by atoms with Crippen molar-refractivity contribution >= 4 is 29.6 Å². The summed E-state index contributed by atoms with van der Waals surface area (Å²) < 4.78 is 5.29. The van der Waals surface area contributed by atoms with Gasteiger partial charge < -0.3 is 9.84 Å². The first kappa shape index (κ1) is 17.2. The fourth-order valence-electron chi connectivity index (χ4n) is 2.44. The molecule has 1 saturated heterocycles. The Morgan fingerprint density at radius 2 is 1.92 bits per heavy atom. The van der Waals surface area contributed by atoms with Crippen LogP contribution in [0, 0.1) is 0 Å². The van der Waals surface area contributed by atoms with E-state index in [9.17, 15) is 19.5 Å². The second kappa shape index (κ2) is 7.06. The molecule has 0 spiro atoms. The van der Waals surface area contributed by atoms with E-state index in [0.717, 1.165) is 4.90 Å². The molecule has 0 bridgehead atoms. The fraction of sp³-hybridized carbons (Fsp3) is 0.111. The van der Waals surface area contributed by atoms with Gasteiger partial charge in [0.15, 0.2) is 11.5 Å². The van der Waals surface area contributed by atoms with Gasteiger partial charge in [0.25, 0.3) is 11.8 Å². The van der Waals surface area contributed by atoms with E-state index in [4.69, 9.17) is 4.74 Å². The van der Waals surface area contributed by atoms with Crippen LogP contribution in [0.5, 0.6) is 11.5 Å². The summed E-state index contributed by atoms with van der Waals surface area (Å²) in [6.07, 6.45) is 4.20. The van der Waals surface area contributed by atoms with Gasteiger partial charge in [0, 0.05) is 12.4 Å². The van der Waals surface area contributed by atoms with Crippen LogP contribution >= 0.6 is 0 Å². The van der Waals surface area contributed by atoms with Crippen LogP contribution in [0.2, 0.25) is 0 Å². The summed E-state index contributed by atoms with van der Waals surface area (Å²) in [6.45, 7) is 2.11. The Balaban J connectivity index is 1.99. The van der Waals surface area contributed by atoms with Crippen LogP contribution in [0.4, 0.5) is 10.5 Å². The van der Waals surface area contributed by atoms with Gasteiger partial charge in [0.05, 0.1) is 12.3 Å². The number of benzene rings is 1. The number of barbiturate groups is 1. The normalized spacial score (nSPS) is 16.0. The first-order chi connectivity index (χ1) is 12.5. The minimum Gasteiger partial charge on any atom is -0.504 e. The van der Waals surface area contributed by atoms with Gasteiger partial charge in [0.2, 0.25) is 0 Å². The minimum absolute atomic E-state index is 0.0537. The van der Waals surface area contributed by atoms with Crippen molar-refractivity contribution in [3.8, 4) is 11.5 Å². The number of urea groups is 1. The number of aromatic hydroxyl groups is 1. The van der Waals surface area contributed by atoms with Crippen molar-refractivity contribution in [2.24, 2.45) is 0 Å². The smallest absolute Gasteiger partial charge is 0.335 e. The average Bonchev–Trinajstić information content (AvgIpc) is 2.62. The lowest BCUT2D eigenvalue weighted by Gasteiger charge is -2.26. The molecule has 3 rings (SSSR count). The van der Waals surface area contributed by atoms with Crippen LogP contribution in [-0.2, 0) is 9.59 Å². The van der Waals surface area contributed by atoms with Crippen molar-refractivity contribution in [3.63, 3.8) is 0 Å². The van der Waals surface area contributed by atoms with E-state index >= 15 is 0 Å². The number of hydrogen-bond acceptors (Lipinski definition) is 6. The summed E-state index contributed by atoms with van der Waals surface area (Å²) in [4.78, 5) is 41.6. The molecule has 2 aromatic rings. The molecular formula is C18H15N3O5. The van der Waals surface area contributed by atoms with E-state index in [0.29, 0.717) is 17.9 Å². The molecule has 1 aromatic heterocycles. The third kappa shape index (κ3) is 3.25. The summed E-state index contributed by atoms with van der Waals surface area (Å²) in [5, 5.41) is 11.9. The number of carbonyl (C=O) groups excluding carboxylic acids is 3. The lowest BCUT2D eigenvalue weighted by molar-refractivity contribution is -0.122. The van der Waals surface area contributed by atoms with Crippen LogP contribution in [-0.4, -0.2) is 34.5 Å². The Morgan fingerprint density at radius 1 is 1.19 bits per heavy atom. The molecule has 0 unspecified atom stereocenters. The molecule has 8 nitrogen and oxygen atoms in total. The number of pyridine rings is 1. The van der Waals surface area contributed by atoms with E-state index in [1.807, 2.05) is 0 Å². The monoisotopic (exact) mass is 353 g/mol. The molecule has 2 N–H and O–H groups in total. The van der Waals surface area contributed by atoms with Crippen molar-refractivity contribution in [3.05, 3.63) is 53.9 Å². The van der Waals surface area contributed by atoms with Gasteiger partial charge in [-0.15, -0.1) is 0 Å². The van der Waals surface area contributed by atoms with Crippen LogP contribution in [0.25, 0.3) is 6.08 Å². The van der Waals surface area contributed by atoms with Crippen LogP contribution in [0.1, 0.15) is 12.5 Å². The van der Waals surface area contributed by atoms with Crippen molar-refractivity contribution in [2.75, 3.05) is 11.5 Å². The summed E-state index contributed by atoms with van der Waals surface area (Å²) >= 11 is 0. The largest absolute Gasteiger partial charge is 0.504 e. The maximum atomic E-state index is 12.7. The topological polar surface area (TPSA) is 109 Å². The molecule has 1 fully saturated rings. The molecule has 1 aliphatic rings. The maximum absolute atomic E-state index is 12.7. The number of hydrogen-bond donors (Lipinski definition) is 2. The number of carbonyl (C=O) groups is 3. The first-order valence-electron chi connectivity index (χ1n) is 7.78. The number of rotatable bonds is 4. The highest BCUT2D eigenvalue weighted by Crippen LogP contribution is 2.28. The minimum atomic E-state index is -0.830. The zero-order valence-corrected chi connectivity index (χ0v) is 13.8. The first-order valence-corrected chi connectivity index (χ1v) is 7.78. The van der Waals surface area contributed by atoms with E-state index in [1.54, 1.807) is 6.92 Å². The molecule has 4 amide bonds. The predicted octanol–water partition coefficient (Wildman–Crippen LogP) is 1.85. The molecule has 0 atom stereocenters. The fourth-order valence-corrected chi connectivity index (χ4v) is 2.44. The molecule has 0 aliphatic carbocycles. The number of nitrogens with one attached hydrogen (secondary N) is 1. The molecule has 26 heavy (non-hydrogen) atoms. The molecule has 2 heterocycles. The summed E-state index contributed by atoms with van der Waals surface area (Å²) in [5.41, 5.74) is 0.546. The number of phenols is 1. The average molecular weight is 353 g/mol. The van der Waals surface area contributed by atoms with Crippen LogP contribution in [0.15, 0.2) is 48.3 Å². The van der Waals surface area contributed by atoms with Crippen molar-refractivity contribution < 1.29 is 24.2 Å². The Hall–Kier alpha value is -3.68. The van der Waals surface area contributed by atoms with Crippen LogP contribution in [0.3, 0.4) is 0 Å². The van der Waals surface area contributed by atoms with Crippen molar-refractivity contribution in [1.29, 1.82) is 0 Å². The molecular weight excluding hydrogens is 338 g/mol. The molecule has 1 aromatic carbocycles. The standard InChI is InChI=1S/C18H15N3O5/c1-2-26-15-10-11(3-4-14(15)22)9-13-16(23)20-18(25)21(17(13)24)12-5-7-19-8-6-12/h3-10,22H,2H2,1H3,(H,20,23,25)/b13-9+. The van der Waals surface area contributed by atoms with E-state index in [-0.39, 0.29) is 17.1 Å². The van der Waals surface area contributed by atoms with E-state index < -0.39 is 17.8 Å². The third-order valence-corrected chi connectivity index (χ3v) is 3.62. The number of nitrogens with zero attached hydrogens (tertiary/aromatic N) is 2. The van der Waals surface area contributed by atoms with Crippen molar-refractivity contribution in [1.82, 2.24) is 10.3 Å². The number of imide groups is 2. The van der Waals surface area contributed by atoms with Gasteiger partial charge in [-0.3, -0.25) is 19.9 Å². The zero-order valence-electron chi connectivity index (χ0n) is 13.8. The Kier molecular flexibility index (Phi) is 4.66. The maximum Gasteiger partial charge on any atom is 0.335 e. The second-order valence-electron chi connectivity index (χ2n) is 5.32. The Labute approximate surface area is 148 Å². The number of ether oxygens (including phenoxy) is 1. The van der Waals surface area contributed by atoms with Gasteiger partial charge >= 0.3 is 6.03 Å². The Bertz CT molecular complexity index is 908. The number of aromatic nitrogens is 1. The molecule has 8 heteroatoms. The van der Waals surface area contributed by atoms with Crippen LogP contribution < -0.4 is 15.0 Å². The summed E-state index contributed by atoms with van der Waals surface area (Å²) in [6, 6.07) is 6.56. The summed E-state index contributed by atoms with van der Waals surface area (Å²) in [5.74, 6) is -1.37. The third-order valence-electron chi connectivity index (χ3n) is 3.62. The van der Waals surface area contributed by atoms with Gasteiger partial charge in [0.1, 0.15) is 5.57 Å². The second-order valence-corrected chi connectivity index (χ2v) is 5.32. The van der Waals surface area contributed by atoms with Crippen molar-refractivity contribution in [2.45, 2.75) is 6.92 Å². The highest BCUT2D eigenvalue weighted by Gasteiger charge is 2.36. The zero-order chi connectivity index (χ0) is 18.7. The molecule has 132 valence electrons.